The summed E-state index contributed by atoms with van der Waals surface area (Å²) in [6.07, 6.45) is -35.8. The number of aliphatic hydroxyl groups is 2. The van der Waals surface area contributed by atoms with Crippen LogP contribution >= 0.6 is 0 Å². The number of rotatable bonds is 12. The van der Waals surface area contributed by atoms with Crippen LogP contribution in [-0.4, -0.2) is 82.9 Å². The Morgan fingerprint density at radius 3 is 1.33 bits per heavy atom. The Balaban J connectivity index is 5.39. The van der Waals surface area contributed by atoms with Crippen molar-refractivity contribution < 1.29 is 98.8 Å². The predicted octanol–water partition coefficient (Wildman–Crippen LogP) is 5.91. The molecule has 0 aliphatic heterocycles. The summed E-state index contributed by atoms with van der Waals surface area (Å²) in [4.78, 5) is 11.5. The molecule has 2 N–H and O–H groups in total. The minimum Gasteiger partial charge on any atom is -0.460 e. The third-order valence-electron chi connectivity index (χ3n) is 4.65. The Morgan fingerprint density at radius 1 is 0.615 bits per heavy atom. The first kappa shape index (κ1) is 36.9. The summed E-state index contributed by atoms with van der Waals surface area (Å²) in [6, 6.07) is 0. The van der Waals surface area contributed by atoms with Crippen LogP contribution in [0.5, 0.6) is 0 Å². The highest BCUT2D eigenvalue weighted by Gasteiger charge is 2.89. The standard InChI is InChI=1S/C17H14F18O4/c1-6(9(38)39-5-8(37)4-11(20,21)14(25,26)17(33,34)35)2-7(36)3-10(18,19)13(23,24)12(22,15(27,28)29)16(30,31)32/h7-8,36-37H,1-5H2. The molecular weight excluding hydrogens is 610 g/mol. The van der Waals surface area contributed by atoms with Gasteiger partial charge in [-0.25, -0.2) is 9.18 Å². The van der Waals surface area contributed by atoms with Gasteiger partial charge in [0.25, 0.3) is 0 Å². The van der Waals surface area contributed by atoms with E-state index in [2.05, 4.69) is 11.3 Å². The van der Waals surface area contributed by atoms with Gasteiger partial charge in [0, 0.05) is 24.8 Å². The van der Waals surface area contributed by atoms with Crippen molar-refractivity contribution in [2.24, 2.45) is 0 Å². The van der Waals surface area contributed by atoms with E-state index in [0.29, 0.717) is 0 Å². The lowest BCUT2D eigenvalue weighted by Crippen LogP contribution is -2.70. The van der Waals surface area contributed by atoms with Gasteiger partial charge in [0.15, 0.2) is 0 Å². The maximum absolute atomic E-state index is 13.7. The quantitative estimate of drug-likeness (QED) is 0.161. The number of carbonyl (C=O) groups is 1. The smallest absolute Gasteiger partial charge is 0.459 e. The average Bonchev–Trinajstić information content (AvgIpc) is 2.67. The number of ether oxygens (including phenoxy) is 1. The lowest BCUT2D eigenvalue weighted by Gasteiger charge is -2.40. The molecule has 232 valence electrons. The molecule has 4 nitrogen and oxygen atoms in total. The molecule has 0 aliphatic carbocycles. The molecule has 0 radical (unpaired) electrons. The van der Waals surface area contributed by atoms with E-state index in [-0.39, 0.29) is 0 Å². The van der Waals surface area contributed by atoms with Crippen LogP contribution < -0.4 is 0 Å². The summed E-state index contributed by atoms with van der Waals surface area (Å²) in [5, 5.41) is 18.5. The normalized spacial score (nSPS) is 16.6. The Bertz CT molecular complexity index is 858. The minimum absolute atomic E-state index is 1.39. The van der Waals surface area contributed by atoms with Crippen LogP contribution in [0.2, 0.25) is 0 Å². The van der Waals surface area contributed by atoms with Crippen molar-refractivity contribution in [1.82, 2.24) is 0 Å². The predicted molar refractivity (Wildman–Crippen MR) is 87.8 cm³/mol. The number of hydrogen-bond donors (Lipinski definition) is 2. The van der Waals surface area contributed by atoms with Crippen LogP contribution in [0.1, 0.15) is 19.3 Å². The molecule has 0 spiro atoms. The Kier molecular flexibility index (Phi) is 10.4. The van der Waals surface area contributed by atoms with Crippen molar-refractivity contribution in [3.8, 4) is 0 Å². The topological polar surface area (TPSA) is 66.8 Å². The zero-order valence-corrected chi connectivity index (χ0v) is 18.2. The third kappa shape index (κ3) is 7.34. The van der Waals surface area contributed by atoms with E-state index >= 15 is 0 Å². The van der Waals surface area contributed by atoms with E-state index in [9.17, 15) is 88.9 Å². The van der Waals surface area contributed by atoms with E-state index in [1.54, 1.807) is 0 Å². The second-order valence-corrected chi connectivity index (χ2v) is 7.83. The Labute approximate surface area is 204 Å². The minimum atomic E-state index is -7.83. The maximum Gasteiger partial charge on any atom is 0.459 e. The van der Waals surface area contributed by atoms with Crippen molar-refractivity contribution in [2.75, 3.05) is 6.61 Å². The first-order chi connectivity index (χ1) is 16.8. The van der Waals surface area contributed by atoms with Crippen molar-refractivity contribution in [2.45, 2.75) is 79.4 Å². The van der Waals surface area contributed by atoms with Gasteiger partial charge in [0.05, 0.1) is 12.2 Å². The fourth-order valence-electron chi connectivity index (χ4n) is 2.60. The SMILES string of the molecule is C=C(CC(O)CC(F)(F)C(F)(F)C(F)(C(F)(F)F)C(F)(F)F)C(=O)OCC(O)CC(F)(F)C(F)(F)C(F)(F)F. The molecule has 0 fully saturated rings. The highest BCUT2D eigenvalue weighted by molar-refractivity contribution is 5.87. The second-order valence-electron chi connectivity index (χ2n) is 7.83. The zero-order chi connectivity index (χ0) is 31.8. The molecule has 0 aromatic heterocycles. The molecule has 2 atom stereocenters. The van der Waals surface area contributed by atoms with E-state index in [0.717, 1.165) is 0 Å². The fraction of sp³-hybridized carbons (Fsp3) is 0.824. The number of alkyl halides is 18. The van der Waals surface area contributed by atoms with Gasteiger partial charge in [0.1, 0.15) is 6.61 Å². The number of aliphatic hydroxyl groups excluding tert-OH is 2. The summed E-state index contributed by atoms with van der Waals surface area (Å²) in [5.74, 6) is -28.9. The van der Waals surface area contributed by atoms with E-state index in [4.69, 9.17) is 5.11 Å². The lowest BCUT2D eigenvalue weighted by atomic mass is 9.87. The molecule has 0 bridgehead atoms. The van der Waals surface area contributed by atoms with Gasteiger partial charge in [-0.05, 0) is 0 Å². The lowest BCUT2D eigenvalue weighted by molar-refractivity contribution is -0.428. The first-order valence-corrected chi connectivity index (χ1v) is 9.41. The summed E-state index contributed by atoms with van der Waals surface area (Å²) in [6.45, 7) is 0.812. The largest absolute Gasteiger partial charge is 0.460 e. The average molecular weight is 624 g/mol. The van der Waals surface area contributed by atoms with Crippen molar-refractivity contribution in [3.05, 3.63) is 12.2 Å². The van der Waals surface area contributed by atoms with Crippen LogP contribution in [-0.2, 0) is 9.53 Å². The number of hydrogen-bond acceptors (Lipinski definition) is 4. The van der Waals surface area contributed by atoms with Gasteiger partial charge in [-0.2, -0.15) is 74.6 Å². The number of esters is 1. The number of halogens is 18. The summed E-state index contributed by atoms with van der Waals surface area (Å²) in [7, 11) is 0. The molecule has 2 unspecified atom stereocenters. The van der Waals surface area contributed by atoms with Gasteiger partial charge < -0.3 is 14.9 Å². The molecule has 0 heterocycles. The second kappa shape index (κ2) is 11.0. The van der Waals surface area contributed by atoms with E-state index < -0.39 is 97.5 Å². The molecule has 0 aliphatic rings. The van der Waals surface area contributed by atoms with Crippen molar-refractivity contribution in [1.29, 1.82) is 0 Å². The molecular formula is C17H14F18O4. The van der Waals surface area contributed by atoms with Gasteiger partial charge in [0.2, 0.25) is 0 Å². The van der Waals surface area contributed by atoms with Gasteiger partial charge in [-0.15, -0.1) is 0 Å². The summed E-state index contributed by atoms with van der Waals surface area (Å²) < 4.78 is 235. The van der Waals surface area contributed by atoms with Crippen LogP contribution in [0.3, 0.4) is 0 Å². The zero-order valence-electron chi connectivity index (χ0n) is 18.2. The molecule has 22 heteroatoms. The summed E-state index contributed by atoms with van der Waals surface area (Å²) >= 11 is 0. The molecule has 0 saturated carbocycles. The van der Waals surface area contributed by atoms with Crippen molar-refractivity contribution >= 4 is 5.97 Å². The van der Waals surface area contributed by atoms with Gasteiger partial charge in [-0.1, -0.05) is 6.58 Å². The maximum atomic E-state index is 13.7. The van der Waals surface area contributed by atoms with Crippen LogP contribution in [0.15, 0.2) is 12.2 Å². The molecule has 0 aromatic carbocycles. The first-order valence-electron chi connectivity index (χ1n) is 9.41. The van der Waals surface area contributed by atoms with Crippen molar-refractivity contribution in [3.63, 3.8) is 0 Å². The van der Waals surface area contributed by atoms with Gasteiger partial charge >= 0.3 is 53.9 Å². The molecule has 0 saturated heterocycles. The van der Waals surface area contributed by atoms with Crippen LogP contribution in [0, 0.1) is 0 Å². The highest BCUT2D eigenvalue weighted by Crippen LogP contribution is 2.60. The van der Waals surface area contributed by atoms with E-state index in [1.165, 1.54) is 0 Å². The van der Waals surface area contributed by atoms with Gasteiger partial charge in [-0.3, -0.25) is 0 Å². The molecule has 39 heavy (non-hydrogen) atoms. The highest BCUT2D eigenvalue weighted by atomic mass is 19.4. The van der Waals surface area contributed by atoms with Crippen LogP contribution in [0.25, 0.3) is 0 Å². The fourth-order valence-corrected chi connectivity index (χ4v) is 2.60. The summed E-state index contributed by atoms with van der Waals surface area (Å²) in [5.41, 5.74) is -9.22. The monoisotopic (exact) mass is 624 g/mol. The molecule has 0 amide bonds. The van der Waals surface area contributed by atoms with Crippen LogP contribution in [0.4, 0.5) is 79.0 Å². The number of carbonyl (C=O) groups excluding carboxylic acids is 1. The Morgan fingerprint density at radius 2 is 0.974 bits per heavy atom. The third-order valence-corrected chi connectivity index (χ3v) is 4.65. The Hall–Kier alpha value is -2.13. The molecule has 0 aromatic rings. The molecule has 0 rings (SSSR count). The van der Waals surface area contributed by atoms with E-state index in [1.807, 2.05) is 0 Å².